The highest BCUT2D eigenvalue weighted by molar-refractivity contribution is 6.30. The molecule has 0 saturated heterocycles. The van der Waals surface area contributed by atoms with E-state index in [1.165, 1.54) is 12.3 Å². The van der Waals surface area contributed by atoms with Gasteiger partial charge in [0.2, 0.25) is 0 Å². The van der Waals surface area contributed by atoms with Gasteiger partial charge in [-0.05, 0) is 6.07 Å². The van der Waals surface area contributed by atoms with Crippen LogP contribution < -0.4 is 11.3 Å². The third kappa shape index (κ3) is 1.57. The number of H-pyrrole nitrogens is 1. The topological polar surface area (TPSA) is 91.5 Å². The Hall–Kier alpha value is -1.49. The van der Waals surface area contributed by atoms with Gasteiger partial charge in [-0.1, -0.05) is 16.8 Å². The van der Waals surface area contributed by atoms with Crippen molar-refractivity contribution in [1.29, 1.82) is 0 Å². The minimum atomic E-state index is -0.449. The molecular weight excluding hydrogens is 182 g/mol. The third-order valence-electron chi connectivity index (χ3n) is 1.25. The minimum Gasteiger partial charge on any atom is -0.409 e. The predicted octanol–water partition coefficient (Wildman–Crippen LogP) is 0.123. The monoisotopic (exact) mass is 187 g/mol. The molecule has 0 spiro atoms. The van der Waals surface area contributed by atoms with Crippen molar-refractivity contribution >= 4 is 17.4 Å². The third-order valence-corrected chi connectivity index (χ3v) is 1.47. The van der Waals surface area contributed by atoms with E-state index in [4.69, 9.17) is 22.5 Å². The van der Waals surface area contributed by atoms with Gasteiger partial charge < -0.3 is 15.9 Å². The Bertz CT molecular complexity index is 371. The molecule has 0 radical (unpaired) electrons. The smallest absolute Gasteiger partial charge is 0.259 e. The van der Waals surface area contributed by atoms with Crippen LogP contribution in [0.2, 0.25) is 5.02 Å². The lowest BCUT2D eigenvalue weighted by molar-refractivity contribution is 0.318. The maximum absolute atomic E-state index is 11.0. The van der Waals surface area contributed by atoms with Crippen molar-refractivity contribution in [1.82, 2.24) is 4.98 Å². The van der Waals surface area contributed by atoms with Crippen molar-refractivity contribution in [2.75, 3.05) is 0 Å². The number of pyridine rings is 1. The van der Waals surface area contributed by atoms with E-state index < -0.39 is 5.56 Å². The van der Waals surface area contributed by atoms with E-state index >= 15 is 0 Å². The van der Waals surface area contributed by atoms with E-state index in [0.29, 0.717) is 5.02 Å². The second-order valence-corrected chi connectivity index (χ2v) is 2.48. The van der Waals surface area contributed by atoms with Crippen LogP contribution in [0.4, 0.5) is 0 Å². The van der Waals surface area contributed by atoms with Crippen molar-refractivity contribution in [3.05, 3.63) is 33.2 Å². The minimum absolute atomic E-state index is 0.0463. The molecule has 1 aromatic heterocycles. The number of aromatic nitrogens is 1. The molecular formula is C6H6ClN3O2. The van der Waals surface area contributed by atoms with E-state index in [9.17, 15) is 4.79 Å². The van der Waals surface area contributed by atoms with Crippen LogP contribution in [0.25, 0.3) is 0 Å². The predicted molar refractivity (Wildman–Crippen MR) is 44.6 cm³/mol. The molecule has 0 atom stereocenters. The molecule has 0 aliphatic carbocycles. The highest BCUT2D eigenvalue weighted by atomic mass is 35.5. The van der Waals surface area contributed by atoms with Gasteiger partial charge in [0.05, 0.1) is 10.6 Å². The number of aromatic amines is 1. The van der Waals surface area contributed by atoms with Gasteiger partial charge >= 0.3 is 0 Å². The number of hydrogen-bond acceptors (Lipinski definition) is 3. The Morgan fingerprint density at radius 1 is 1.75 bits per heavy atom. The number of oxime groups is 1. The zero-order valence-corrected chi connectivity index (χ0v) is 6.67. The van der Waals surface area contributed by atoms with Crippen molar-refractivity contribution in [3.8, 4) is 0 Å². The fourth-order valence-corrected chi connectivity index (χ4v) is 0.865. The summed E-state index contributed by atoms with van der Waals surface area (Å²) in [5.41, 5.74) is 4.78. The summed E-state index contributed by atoms with van der Waals surface area (Å²) in [6.07, 6.45) is 1.32. The van der Waals surface area contributed by atoms with Gasteiger partial charge in [-0.3, -0.25) is 4.79 Å². The SMILES string of the molecule is NC(=NO)c1cc(Cl)c[nH]c1=O. The van der Waals surface area contributed by atoms with Crippen molar-refractivity contribution in [2.24, 2.45) is 10.9 Å². The Morgan fingerprint density at radius 3 is 3.00 bits per heavy atom. The summed E-state index contributed by atoms with van der Waals surface area (Å²) in [7, 11) is 0. The first-order valence-corrected chi connectivity index (χ1v) is 3.39. The number of nitrogens with zero attached hydrogens (tertiary/aromatic N) is 1. The van der Waals surface area contributed by atoms with Crippen LogP contribution in [-0.2, 0) is 0 Å². The average Bonchev–Trinajstić information content (AvgIpc) is 2.08. The average molecular weight is 188 g/mol. The van der Waals surface area contributed by atoms with Crippen LogP contribution in [-0.4, -0.2) is 16.0 Å². The Morgan fingerprint density at radius 2 is 2.42 bits per heavy atom. The molecule has 5 nitrogen and oxygen atoms in total. The van der Waals surface area contributed by atoms with Gasteiger partial charge in [-0.15, -0.1) is 0 Å². The van der Waals surface area contributed by atoms with Crippen LogP contribution >= 0.6 is 11.6 Å². The maximum Gasteiger partial charge on any atom is 0.259 e. The molecule has 0 saturated carbocycles. The van der Waals surface area contributed by atoms with E-state index in [1.54, 1.807) is 0 Å². The molecule has 1 rings (SSSR count). The summed E-state index contributed by atoms with van der Waals surface area (Å²) in [5, 5.41) is 11.3. The highest BCUT2D eigenvalue weighted by Crippen LogP contribution is 2.04. The van der Waals surface area contributed by atoms with Crippen LogP contribution in [0.3, 0.4) is 0 Å². The second-order valence-electron chi connectivity index (χ2n) is 2.05. The lowest BCUT2D eigenvalue weighted by Crippen LogP contribution is -2.23. The standard InChI is InChI=1S/C6H6ClN3O2/c7-3-1-4(5(8)10-12)6(11)9-2-3/h1-2,12H,(H2,8,10)(H,9,11). The molecule has 64 valence electrons. The molecule has 1 heterocycles. The van der Waals surface area contributed by atoms with Crippen molar-refractivity contribution < 1.29 is 5.21 Å². The largest absolute Gasteiger partial charge is 0.409 e. The summed E-state index contributed by atoms with van der Waals surface area (Å²) >= 11 is 5.56. The van der Waals surface area contributed by atoms with Crippen LogP contribution in [0.5, 0.6) is 0 Å². The van der Waals surface area contributed by atoms with Gasteiger partial charge in [0, 0.05) is 6.20 Å². The Labute approximate surface area is 72.5 Å². The molecule has 0 bridgehead atoms. The van der Waals surface area contributed by atoms with E-state index in [-0.39, 0.29) is 11.4 Å². The molecule has 0 aliphatic heterocycles. The molecule has 4 N–H and O–H groups in total. The van der Waals surface area contributed by atoms with Crippen LogP contribution in [0.1, 0.15) is 5.56 Å². The molecule has 0 fully saturated rings. The Kier molecular flexibility index (Phi) is 2.35. The first-order valence-electron chi connectivity index (χ1n) is 3.01. The van der Waals surface area contributed by atoms with E-state index in [0.717, 1.165) is 0 Å². The summed E-state index contributed by atoms with van der Waals surface area (Å²) in [5.74, 6) is -0.265. The quantitative estimate of drug-likeness (QED) is 0.252. The van der Waals surface area contributed by atoms with Gasteiger partial charge in [-0.2, -0.15) is 0 Å². The van der Waals surface area contributed by atoms with Gasteiger partial charge in [0.1, 0.15) is 0 Å². The highest BCUT2D eigenvalue weighted by Gasteiger charge is 2.04. The zero-order chi connectivity index (χ0) is 9.14. The second kappa shape index (κ2) is 3.27. The summed E-state index contributed by atoms with van der Waals surface area (Å²) < 4.78 is 0. The van der Waals surface area contributed by atoms with E-state index in [1.807, 2.05) is 0 Å². The van der Waals surface area contributed by atoms with Crippen LogP contribution in [0.15, 0.2) is 22.2 Å². The zero-order valence-electron chi connectivity index (χ0n) is 5.91. The number of nitrogens with one attached hydrogen (secondary N) is 1. The number of halogens is 1. The first kappa shape index (κ1) is 8.61. The summed E-state index contributed by atoms with van der Waals surface area (Å²) in [4.78, 5) is 13.3. The Balaban J connectivity index is 3.33. The molecule has 6 heteroatoms. The van der Waals surface area contributed by atoms with Gasteiger partial charge in [0.15, 0.2) is 5.84 Å². The number of rotatable bonds is 1. The molecule has 12 heavy (non-hydrogen) atoms. The maximum atomic E-state index is 11.0. The lowest BCUT2D eigenvalue weighted by atomic mass is 10.2. The molecule has 0 aromatic carbocycles. The molecule has 0 unspecified atom stereocenters. The van der Waals surface area contributed by atoms with Gasteiger partial charge in [0.25, 0.3) is 5.56 Å². The number of nitrogens with two attached hydrogens (primary N) is 1. The lowest BCUT2D eigenvalue weighted by Gasteiger charge is -1.96. The normalized spacial score (nSPS) is 11.6. The van der Waals surface area contributed by atoms with Crippen LogP contribution in [0, 0.1) is 0 Å². The molecule has 1 aromatic rings. The fraction of sp³-hybridized carbons (Fsp3) is 0. The number of amidine groups is 1. The van der Waals surface area contributed by atoms with Crippen molar-refractivity contribution in [3.63, 3.8) is 0 Å². The van der Waals surface area contributed by atoms with E-state index in [2.05, 4.69) is 10.1 Å². The molecule has 0 amide bonds. The van der Waals surface area contributed by atoms with Crippen molar-refractivity contribution in [2.45, 2.75) is 0 Å². The fourth-order valence-electron chi connectivity index (χ4n) is 0.701. The number of hydrogen-bond donors (Lipinski definition) is 3. The first-order chi connectivity index (χ1) is 5.65. The summed E-state index contributed by atoms with van der Waals surface area (Å²) in [6.45, 7) is 0. The van der Waals surface area contributed by atoms with Gasteiger partial charge in [-0.25, -0.2) is 0 Å². The molecule has 0 aliphatic rings. The summed E-state index contributed by atoms with van der Waals surface area (Å²) in [6, 6.07) is 1.31.